The number of rotatable bonds is 2. The molecular formula is C18H25N3O2. The van der Waals surface area contributed by atoms with E-state index in [1.165, 1.54) is 38.8 Å². The highest BCUT2D eigenvalue weighted by Gasteiger charge is 2.42. The number of pyridine rings is 1. The zero-order valence-electron chi connectivity index (χ0n) is 13.8. The van der Waals surface area contributed by atoms with Gasteiger partial charge in [0.05, 0.1) is 7.11 Å². The molecule has 1 aromatic rings. The summed E-state index contributed by atoms with van der Waals surface area (Å²) in [4.78, 5) is 21.7. The number of carbonyl (C=O) groups excluding carboxylic acids is 1. The molecule has 3 aliphatic heterocycles. The second-order valence-electron chi connectivity index (χ2n) is 7.22. The van der Waals surface area contributed by atoms with Gasteiger partial charge in [0.15, 0.2) is 0 Å². The van der Waals surface area contributed by atoms with Crippen LogP contribution in [0.1, 0.15) is 36.0 Å². The third kappa shape index (κ3) is 2.82. The molecule has 5 nitrogen and oxygen atoms in total. The average Bonchev–Trinajstić information content (AvgIpc) is 2.61. The predicted octanol–water partition coefficient (Wildman–Crippen LogP) is 2.04. The number of fused-ring (bicyclic) bond motifs is 4. The van der Waals surface area contributed by atoms with Gasteiger partial charge in [0, 0.05) is 43.5 Å². The number of amides is 1. The Hall–Kier alpha value is -1.62. The van der Waals surface area contributed by atoms with Crippen LogP contribution in [-0.2, 0) is 0 Å². The van der Waals surface area contributed by atoms with E-state index >= 15 is 0 Å². The van der Waals surface area contributed by atoms with Gasteiger partial charge in [-0.05, 0) is 43.7 Å². The summed E-state index contributed by atoms with van der Waals surface area (Å²) in [6.07, 6.45) is 6.94. The molecule has 0 unspecified atom stereocenters. The van der Waals surface area contributed by atoms with Crippen LogP contribution in [0.25, 0.3) is 0 Å². The first kappa shape index (κ1) is 14.9. The van der Waals surface area contributed by atoms with E-state index < -0.39 is 0 Å². The Balaban J connectivity index is 1.51. The molecule has 0 aromatic carbocycles. The summed E-state index contributed by atoms with van der Waals surface area (Å²) in [6.45, 7) is 4.22. The van der Waals surface area contributed by atoms with Crippen LogP contribution < -0.4 is 4.74 Å². The highest BCUT2D eigenvalue weighted by Crippen LogP contribution is 2.37. The fourth-order valence-corrected chi connectivity index (χ4v) is 4.77. The third-order valence-electron chi connectivity index (χ3n) is 5.75. The van der Waals surface area contributed by atoms with E-state index in [0.29, 0.717) is 29.3 Å². The minimum Gasteiger partial charge on any atom is -0.481 e. The molecule has 0 radical (unpaired) electrons. The lowest BCUT2D eigenvalue weighted by molar-refractivity contribution is -0.0243. The molecule has 2 bridgehead atoms. The lowest BCUT2D eigenvalue weighted by Crippen LogP contribution is -2.59. The Bertz CT molecular complexity index is 591. The molecule has 1 aromatic heterocycles. The molecule has 3 saturated heterocycles. The summed E-state index contributed by atoms with van der Waals surface area (Å²) < 4.78 is 5.15. The molecule has 5 heteroatoms. The molecule has 1 amide bonds. The minimum absolute atomic E-state index is 0.129. The zero-order valence-corrected chi connectivity index (χ0v) is 13.8. The zero-order chi connectivity index (χ0) is 15.8. The average molecular weight is 315 g/mol. The summed E-state index contributed by atoms with van der Waals surface area (Å²) >= 11 is 0. The first-order valence-electron chi connectivity index (χ1n) is 8.78. The van der Waals surface area contributed by atoms with Crippen molar-refractivity contribution < 1.29 is 9.53 Å². The van der Waals surface area contributed by atoms with E-state index in [2.05, 4.69) is 14.8 Å². The van der Waals surface area contributed by atoms with Gasteiger partial charge in [0.25, 0.3) is 5.91 Å². The molecular weight excluding hydrogens is 290 g/mol. The lowest BCUT2D eigenvalue weighted by atomic mass is 9.76. The van der Waals surface area contributed by atoms with Gasteiger partial charge in [-0.1, -0.05) is 6.42 Å². The Kier molecular flexibility index (Phi) is 3.97. The van der Waals surface area contributed by atoms with Gasteiger partial charge in [-0.3, -0.25) is 9.69 Å². The normalized spacial score (nSPS) is 30.7. The summed E-state index contributed by atoms with van der Waals surface area (Å²) in [5, 5.41) is 0. The molecule has 3 atom stereocenters. The third-order valence-corrected chi connectivity index (χ3v) is 5.75. The van der Waals surface area contributed by atoms with Crippen molar-refractivity contribution in [2.45, 2.75) is 31.7 Å². The summed E-state index contributed by atoms with van der Waals surface area (Å²) in [5.41, 5.74) is 0.692. The molecule has 0 N–H and O–H groups in total. The molecule has 0 saturated carbocycles. The van der Waals surface area contributed by atoms with Crippen molar-refractivity contribution in [3.63, 3.8) is 0 Å². The molecule has 3 aliphatic rings. The van der Waals surface area contributed by atoms with Crippen molar-refractivity contribution in [2.24, 2.45) is 11.8 Å². The van der Waals surface area contributed by atoms with Crippen molar-refractivity contribution >= 4 is 5.91 Å². The predicted molar refractivity (Wildman–Crippen MR) is 87.5 cm³/mol. The lowest BCUT2D eigenvalue weighted by Gasteiger charge is -2.52. The van der Waals surface area contributed by atoms with Crippen LogP contribution in [0.5, 0.6) is 5.88 Å². The summed E-state index contributed by atoms with van der Waals surface area (Å²) in [6, 6.07) is 4.24. The monoisotopic (exact) mass is 315 g/mol. The quantitative estimate of drug-likeness (QED) is 0.838. The Labute approximate surface area is 137 Å². The second-order valence-corrected chi connectivity index (χ2v) is 7.22. The van der Waals surface area contributed by atoms with Gasteiger partial charge in [-0.25, -0.2) is 4.98 Å². The van der Waals surface area contributed by atoms with Gasteiger partial charge in [0.1, 0.15) is 0 Å². The van der Waals surface area contributed by atoms with Crippen molar-refractivity contribution in [1.82, 2.24) is 14.8 Å². The molecule has 3 fully saturated rings. The number of hydrogen-bond donors (Lipinski definition) is 0. The van der Waals surface area contributed by atoms with Gasteiger partial charge < -0.3 is 9.64 Å². The molecule has 4 rings (SSSR count). The number of methoxy groups -OCH3 is 1. The standard InChI is InChI=1S/C18H25N3O2/c1-23-17-9-14(5-6-19-17)18(22)21-11-13-8-15(12-21)16-4-2-3-7-20(16)10-13/h5-6,9,13,15-16H,2-4,7-8,10-12H2,1H3/t13-,15-,16+/m1/s1. The number of ether oxygens (including phenoxy) is 1. The maximum absolute atomic E-state index is 12.9. The Morgan fingerprint density at radius 3 is 3.09 bits per heavy atom. The van der Waals surface area contributed by atoms with Crippen molar-refractivity contribution in [1.29, 1.82) is 0 Å². The molecule has 23 heavy (non-hydrogen) atoms. The van der Waals surface area contributed by atoms with E-state index in [0.717, 1.165) is 13.1 Å². The number of likely N-dealkylation sites (tertiary alicyclic amines) is 1. The van der Waals surface area contributed by atoms with Gasteiger partial charge >= 0.3 is 0 Å². The number of carbonyl (C=O) groups is 1. The second kappa shape index (κ2) is 6.11. The van der Waals surface area contributed by atoms with Crippen LogP contribution >= 0.6 is 0 Å². The van der Waals surface area contributed by atoms with Crippen LogP contribution in [0.4, 0.5) is 0 Å². The van der Waals surface area contributed by atoms with Crippen LogP contribution in [0.15, 0.2) is 18.3 Å². The molecule has 124 valence electrons. The smallest absolute Gasteiger partial charge is 0.254 e. The van der Waals surface area contributed by atoms with Gasteiger partial charge in [-0.15, -0.1) is 0 Å². The largest absolute Gasteiger partial charge is 0.481 e. The molecule has 0 aliphatic carbocycles. The van der Waals surface area contributed by atoms with Crippen LogP contribution in [-0.4, -0.2) is 60.0 Å². The van der Waals surface area contributed by atoms with E-state index in [4.69, 9.17) is 4.74 Å². The summed E-state index contributed by atoms with van der Waals surface area (Å²) in [7, 11) is 1.58. The van der Waals surface area contributed by atoms with E-state index in [9.17, 15) is 4.79 Å². The highest BCUT2D eigenvalue weighted by molar-refractivity contribution is 5.94. The van der Waals surface area contributed by atoms with Crippen molar-refractivity contribution in [2.75, 3.05) is 33.3 Å². The Morgan fingerprint density at radius 2 is 2.22 bits per heavy atom. The SMILES string of the molecule is COc1cc(C(=O)N2C[C@@H]3C[C@H](C2)[C@@H]2CCCCN2C3)ccn1. The number of aromatic nitrogens is 1. The fourth-order valence-electron chi connectivity index (χ4n) is 4.77. The fraction of sp³-hybridized carbons (Fsp3) is 0.667. The van der Waals surface area contributed by atoms with Gasteiger partial charge in [-0.2, -0.15) is 0 Å². The van der Waals surface area contributed by atoms with Crippen molar-refractivity contribution in [3.8, 4) is 5.88 Å². The number of piperidine rings is 3. The van der Waals surface area contributed by atoms with E-state index in [1.807, 2.05) is 0 Å². The van der Waals surface area contributed by atoms with Crippen LogP contribution in [0, 0.1) is 11.8 Å². The first-order chi connectivity index (χ1) is 11.2. The maximum atomic E-state index is 12.9. The van der Waals surface area contributed by atoms with Crippen molar-refractivity contribution in [3.05, 3.63) is 23.9 Å². The first-order valence-corrected chi connectivity index (χ1v) is 8.78. The molecule has 4 heterocycles. The minimum atomic E-state index is 0.129. The van der Waals surface area contributed by atoms with Crippen LogP contribution in [0.3, 0.4) is 0 Å². The number of nitrogens with zero attached hydrogens (tertiary/aromatic N) is 3. The van der Waals surface area contributed by atoms with E-state index in [1.54, 1.807) is 25.4 Å². The molecule has 0 spiro atoms. The highest BCUT2D eigenvalue weighted by atomic mass is 16.5. The maximum Gasteiger partial charge on any atom is 0.254 e. The van der Waals surface area contributed by atoms with Gasteiger partial charge in [0.2, 0.25) is 5.88 Å². The Morgan fingerprint density at radius 1 is 1.30 bits per heavy atom. The number of hydrogen-bond acceptors (Lipinski definition) is 4. The van der Waals surface area contributed by atoms with Crippen LogP contribution in [0.2, 0.25) is 0 Å². The topological polar surface area (TPSA) is 45.7 Å². The van der Waals surface area contributed by atoms with E-state index in [-0.39, 0.29) is 5.91 Å². The summed E-state index contributed by atoms with van der Waals surface area (Å²) in [5.74, 6) is 1.92.